The fourth-order valence-electron chi connectivity index (χ4n) is 1.09. The first-order chi connectivity index (χ1) is 5.54. The van der Waals surface area contributed by atoms with Gasteiger partial charge in [-0.15, -0.1) is 0 Å². The molecule has 12 heavy (non-hydrogen) atoms. The van der Waals surface area contributed by atoms with Gasteiger partial charge in [0.15, 0.2) is 5.78 Å². The largest absolute Gasteiger partial charge is 0.294 e. The van der Waals surface area contributed by atoms with Crippen LogP contribution >= 0.6 is 22.6 Å². The minimum absolute atomic E-state index is 0.210. The number of benzene rings is 1. The Kier molecular flexibility index (Phi) is 2.82. The summed E-state index contributed by atoms with van der Waals surface area (Å²) >= 11 is 2.08. The van der Waals surface area contributed by atoms with Crippen molar-refractivity contribution in [2.75, 3.05) is 0 Å². The van der Waals surface area contributed by atoms with Gasteiger partial charge in [-0.25, -0.2) is 4.39 Å². The van der Waals surface area contributed by atoms with E-state index < -0.39 is 5.82 Å². The summed E-state index contributed by atoms with van der Waals surface area (Å²) in [6, 6.07) is 2.99. The number of carbonyl (C=O) groups is 1. The van der Waals surface area contributed by atoms with Crippen molar-refractivity contribution < 1.29 is 9.18 Å². The minimum Gasteiger partial charge on any atom is -0.294 e. The van der Waals surface area contributed by atoms with Gasteiger partial charge in [0.05, 0.1) is 5.56 Å². The zero-order valence-corrected chi connectivity index (χ0v) is 8.98. The van der Waals surface area contributed by atoms with Crippen molar-refractivity contribution >= 4 is 28.4 Å². The number of Topliss-reactive ketones (excluding diaryl/α,β-unsaturated/α-hetero) is 1. The second-order valence-corrected chi connectivity index (χ2v) is 3.75. The van der Waals surface area contributed by atoms with E-state index in [0.717, 1.165) is 9.13 Å². The molecule has 1 aromatic carbocycles. The highest BCUT2D eigenvalue weighted by Gasteiger charge is 2.11. The van der Waals surface area contributed by atoms with Crippen LogP contribution in [0.1, 0.15) is 22.8 Å². The van der Waals surface area contributed by atoms with Crippen LogP contribution < -0.4 is 0 Å². The van der Waals surface area contributed by atoms with Crippen molar-refractivity contribution in [3.63, 3.8) is 0 Å². The second-order valence-electron chi connectivity index (χ2n) is 2.59. The van der Waals surface area contributed by atoms with Gasteiger partial charge in [-0.2, -0.15) is 0 Å². The monoisotopic (exact) mass is 278 g/mol. The Bertz CT molecular complexity index is 334. The topological polar surface area (TPSA) is 17.1 Å². The fraction of sp³-hybridized carbons (Fsp3) is 0.222. The summed E-state index contributed by atoms with van der Waals surface area (Å²) in [5, 5.41) is 0. The highest BCUT2D eigenvalue weighted by atomic mass is 127. The van der Waals surface area contributed by atoms with E-state index in [2.05, 4.69) is 22.6 Å². The number of hydrogen-bond donors (Lipinski definition) is 0. The van der Waals surface area contributed by atoms with Crippen molar-refractivity contribution in [3.05, 3.63) is 32.6 Å². The Morgan fingerprint density at radius 2 is 2.08 bits per heavy atom. The zero-order valence-electron chi connectivity index (χ0n) is 6.82. The molecular weight excluding hydrogens is 270 g/mol. The number of ketones is 1. The van der Waals surface area contributed by atoms with Crippen LogP contribution in [0.2, 0.25) is 0 Å². The van der Waals surface area contributed by atoms with Gasteiger partial charge in [-0.3, -0.25) is 4.79 Å². The lowest BCUT2D eigenvalue weighted by molar-refractivity contribution is 0.101. The van der Waals surface area contributed by atoms with Gasteiger partial charge in [0.25, 0.3) is 0 Å². The highest BCUT2D eigenvalue weighted by Crippen LogP contribution is 2.19. The van der Waals surface area contributed by atoms with E-state index in [9.17, 15) is 9.18 Å². The van der Waals surface area contributed by atoms with Crippen LogP contribution in [0.5, 0.6) is 0 Å². The minimum atomic E-state index is -0.430. The summed E-state index contributed by atoms with van der Waals surface area (Å²) in [4.78, 5) is 11.0. The predicted octanol–water partition coefficient (Wildman–Crippen LogP) is 2.94. The molecule has 0 aromatic heterocycles. The highest BCUT2D eigenvalue weighted by molar-refractivity contribution is 14.1. The Morgan fingerprint density at radius 1 is 1.50 bits per heavy atom. The van der Waals surface area contributed by atoms with Crippen molar-refractivity contribution in [1.82, 2.24) is 0 Å². The van der Waals surface area contributed by atoms with Gasteiger partial charge in [-0.1, -0.05) is 0 Å². The van der Waals surface area contributed by atoms with Gasteiger partial charge in [0, 0.05) is 3.57 Å². The van der Waals surface area contributed by atoms with E-state index in [1.165, 1.54) is 13.0 Å². The molecule has 1 rings (SSSR count). The zero-order chi connectivity index (χ0) is 9.30. The molecule has 0 unspecified atom stereocenters. The first-order valence-corrected chi connectivity index (χ1v) is 4.57. The van der Waals surface area contributed by atoms with Crippen molar-refractivity contribution in [1.29, 1.82) is 0 Å². The van der Waals surface area contributed by atoms with Gasteiger partial charge in [0.1, 0.15) is 5.82 Å². The first-order valence-electron chi connectivity index (χ1n) is 3.49. The first kappa shape index (κ1) is 9.64. The maximum atomic E-state index is 13.1. The molecule has 0 bridgehead atoms. The van der Waals surface area contributed by atoms with E-state index in [0.29, 0.717) is 0 Å². The van der Waals surface area contributed by atoms with Crippen LogP contribution in [0.4, 0.5) is 4.39 Å². The van der Waals surface area contributed by atoms with E-state index in [1.54, 1.807) is 13.0 Å². The quantitative estimate of drug-likeness (QED) is 0.570. The maximum absolute atomic E-state index is 13.1. The number of rotatable bonds is 1. The molecule has 0 amide bonds. The molecule has 0 spiro atoms. The third-order valence-corrected chi connectivity index (χ3v) is 2.87. The molecule has 1 nitrogen and oxygen atoms in total. The molecule has 0 saturated carbocycles. The van der Waals surface area contributed by atoms with Crippen LogP contribution in [0.3, 0.4) is 0 Å². The average Bonchev–Trinajstić information content (AvgIpc) is 1.97. The summed E-state index contributed by atoms with van der Waals surface area (Å²) < 4.78 is 14.0. The normalized spacial score (nSPS) is 10.0. The number of halogens is 2. The van der Waals surface area contributed by atoms with Crippen LogP contribution in [-0.4, -0.2) is 5.78 Å². The number of hydrogen-bond acceptors (Lipinski definition) is 1. The van der Waals surface area contributed by atoms with Gasteiger partial charge in [-0.05, 0) is 54.1 Å². The average molecular weight is 278 g/mol. The van der Waals surface area contributed by atoms with Crippen LogP contribution in [0.25, 0.3) is 0 Å². The van der Waals surface area contributed by atoms with E-state index in [4.69, 9.17) is 0 Å². The van der Waals surface area contributed by atoms with E-state index >= 15 is 0 Å². The van der Waals surface area contributed by atoms with Gasteiger partial charge < -0.3 is 0 Å². The number of carbonyl (C=O) groups excluding carboxylic acids is 1. The second kappa shape index (κ2) is 3.51. The molecular formula is C9H8FIO. The Hall–Kier alpha value is -0.450. The van der Waals surface area contributed by atoms with Crippen LogP contribution in [-0.2, 0) is 0 Å². The fourth-order valence-corrected chi connectivity index (χ4v) is 1.53. The third-order valence-electron chi connectivity index (χ3n) is 1.70. The molecule has 0 heterocycles. The lowest BCUT2D eigenvalue weighted by Gasteiger charge is -2.04. The third kappa shape index (κ3) is 1.65. The predicted molar refractivity (Wildman–Crippen MR) is 53.9 cm³/mol. The lowest BCUT2D eigenvalue weighted by Crippen LogP contribution is -2.02. The summed E-state index contributed by atoms with van der Waals surface area (Å²) in [5.74, 6) is -0.649. The summed E-state index contributed by atoms with van der Waals surface area (Å²) in [7, 11) is 0. The van der Waals surface area contributed by atoms with Crippen LogP contribution in [0.15, 0.2) is 12.1 Å². The van der Waals surface area contributed by atoms with E-state index in [1.807, 2.05) is 0 Å². The molecule has 0 fully saturated rings. The van der Waals surface area contributed by atoms with Crippen LogP contribution in [0, 0.1) is 16.3 Å². The van der Waals surface area contributed by atoms with Crippen molar-refractivity contribution in [3.8, 4) is 0 Å². The van der Waals surface area contributed by atoms with Crippen molar-refractivity contribution in [2.24, 2.45) is 0 Å². The molecule has 0 saturated heterocycles. The summed E-state index contributed by atoms with van der Waals surface area (Å²) in [6.07, 6.45) is 0. The molecule has 64 valence electrons. The maximum Gasteiger partial charge on any atom is 0.163 e. The lowest BCUT2D eigenvalue weighted by atomic mass is 10.1. The molecule has 0 aliphatic rings. The van der Waals surface area contributed by atoms with E-state index in [-0.39, 0.29) is 11.3 Å². The molecule has 0 aliphatic heterocycles. The Labute approximate surface area is 84.1 Å². The molecule has 0 radical (unpaired) electrons. The standard InChI is InChI=1S/C9H8FIO/c1-5-8(11)4-3-7(10)9(5)6(2)12/h3-4H,1-2H3. The molecule has 0 atom stereocenters. The molecule has 0 aliphatic carbocycles. The smallest absolute Gasteiger partial charge is 0.163 e. The molecule has 1 aromatic rings. The summed E-state index contributed by atoms with van der Waals surface area (Å²) in [6.45, 7) is 3.13. The Morgan fingerprint density at radius 3 is 2.50 bits per heavy atom. The Balaban J connectivity index is 3.43. The molecule has 3 heteroatoms. The van der Waals surface area contributed by atoms with Gasteiger partial charge in [0.2, 0.25) is 0 Å². The van der Waals surface area contributed by atoms with Crippen molar-refractivity contribution in [2.45, 2.75) is 13.8 Å². The SMILES string of the molecule is CC(=O)c1c(F)ccc(I)c1C. The molecule has 0 N–H and O–H groups in total. The summed E-state index contributed by atoms with van der Waals surface area (Å²) in [5.41, 5.74) is 0.935. The van der Waals surface area contributed by atoms with Gasteiger partial charge >= 0.3 is 0 Å².